The third-order valence-corrected chi connectivity index (χ3v) is 3.69. The summed E-state index contributed by atoms with van der Waals surface area (Å²) in [4.78, 5) is 4.70. The highest BCUT2D eigenvalue weighted by molar-refractivity contribution is 6.32. The second kappa shape index (κ2) is 5.60. The van der Waals surface area contributed by atoms with E-state index in [1.165, 1.54) is 0 Å². The van der Waals surface area contributed by atoms with Crippen molar-refractivity contribution in [3.63, 3.8) is 0 Å². The number of nitrogens with zero attached hydrogens (tertiary/aromatic N) is 2. The number of benzene rings is 1. The van der Waals surface area contributed by atoms with Crippen molar-refractivity contribution in [2.75, 3.05) is 12.8 Å². The van der Waals surface area contributed by atoms with Crippen molar-refractivity contribution >= 4 is 17.4 Å². The number of rotatable bonds is 3. The molecule has 1 aromatic carbocycles. The third kappa shape index (κ3) is 2.86. The van der Waals surface area contributed by atoms with Gasteiger partial charge in [-0.05, 0) is 39.0 Å². The van der Waals surface area contributed by atoms with Gasteiger partial charge >= 0.3 is 0 Å². The Hall–Kier alpha value is -1.68. The number of nitrogen functional groups attached to an aromatic ring is 1. The van der Waals surface area contributed by atoms with E-state index in [0.717, 1.165) is 23.5 Å². The summed E-state index contributed by atoms with van der Waals surface area (Å²) < 4.78 is 7.27. The minimum atomic E-state index is -0.114. The van der Waals surface area contributed by atoms with Gasteiger partial charge < -0.3 is 15.0 Å². The lowest BCUT2D eigenvalue weighted by molar-refractivity contribution is 0.389. The molecule has 0 saturated carbocycles. The molecule has 1 heterocycles. The maximum absolute atomic E-state index is 6.34. The van der Waals surface area contributed by atoms with Crippen molar-refractivity contribution in [2.24, 2.45) is 0 Å². The first-order valence-corrected chi connectivity index (χ1v) is 7.38. The van der Waals surface area contributed by atoms with E-state index in [0.29, 0.717) is 16.6 Å². The van der Waals surface area contributed by atoms with Gasteiger partial charge in [0.1, 0.15) is 23.1 Å². The van der Waals surface area contributed by atoms with Gasteiger partial charge in [0.15, 0.2) is 0 Å². The third-order valence-electron chi connectivity index (χ3n) is 3.39. The molecule has 0 radical (unpaired) electrons. The number of ether oxygens (including phenoxy) is 1. The molecule has 0 saturated heterocycles. The topological polar surface area (TPSA) is 53.1 Å². The average Bonchev–Trinajstić information content (AvgIpc) is 2.75. The molecule has 0 amide bonds. The van der Waals surface area contributed by atoms with Crippen molar-refractivity contribution in [1.29, 1.82) is 0 Å². The zero-order valence-electron chi connectivity index (χ0n) is 13.2. The van der Waals surface area contributed by atoms with Crippen LogP contribution in [0.2, 0.25) is 5.02 Å². The lowest BCUT2D eigenvalue weighted by Crippen LogP contribution is -2.25. The van der Waals surface area contributed by atoms with E-state index in [4.69, 9.17) is 27.1 Å². The number of hydrogen-bond donors (Lipinski definition) is 1. The Morgan fingerprint density at radius 1 is 1.33 bits per heavy atom. The van der Waals surface area contributed by atoms with E-state index >= 15 is 0 Å². The molecule has 0 bridgehead atoms. The predicted octanol–water partition coefficient (Wildman–Crippen LogP) is 4.11. The SMILES string of the molecule is CCc1nc(-c2ccc(OC)c(Cl)c2)c(N)n1C(C)(C)C. The van der Waals surface area contributed by atoms with Crippen LogP contribution in [-0.4, -0.2) is 16.7 Å². The predicted molar refractivity (Wildman–Crippen MR) is 88.0 cm³/mol. The fraction of sp³-hybridized carbons (Fsp3) is 0.438. The highest BCUT2D eigenvalue weighted by Crippen LogP contribution is 2.35. The Bertz CT molecular complexity index is 656. The summed E-state index contributed by atoms with van der Waals surface area (Å²) >= 11 is 6.20. The van der Waals surface area contributed by atoms with Crippen LogP contribution < -0.4 is 10.5 Å². The van der Waals surface area contributed by atoms with Crippen molar-refractivity contribution in [3.05, 3.63) is 29.0 Å². The average molecular weight is 308 g/mol. The molecule has 1 aromatic heterocycles. The summed E-state index contributed by atoms with van der Waals surface area (Å²) in [6.07, 6.45) is 0.825. The van der Waals surface area contributed by atoms with Crippen LogP contribution in [0.25, 0.3) is 11.3 Å². The van der Waals surface area contributed by atoms with Crippen LogP contribution in [0, 0.1) is 0 Å². The zero-order chi connectivity index (χ0) is 15.8. The highest BCUT2D eigenvalue weighted by Gasteiger charge is 2.24. The molecule has 4 nitrogen and oxygen atoms in total. The van der Waals surface area contributed by atoms with Gasteiger partial charge in [0.2, 0.25) is 0 Å². The molecular formula is C16H22ClN3O. The van der Waals surface area contributed by atoms with E-state index in [9.17, 15) is 0 Å². The molecule has 2 aromatic rings. The smallest absolute Gasteiger partial charge is 0.137 e. The minimum Gasteiger partial charge on any atom is -0.495 e. The molecule has 0 unspecified atom stereocenters. The minimum absolute atomic E-state index is 0.114. The molecule has 0 aliphatic heterocycles. The monoisotopic (exact) mass is 307 g/mol. The molecule has 2 N–H and O–H groups in total. The van der Waals surface area contributed by atoms with Gasteiger partial charge in [0.05, 0.1) is 12.1 Å². The van der Waals surface area contributed by atoms with E-state index in [1.807, 2.05) is 18.2 Å². The molecule has 0 atom stereocenters. The van der Waals surface area contributed by atoms with Crippen LogP contribution in [0.4, 0.5) is 5.82 Å². The van der Waals surface area contributed by atoms with Crippen LogP contribution in [0.1, 0.15) is 33.5 Å². The van der Waals surface area contributed by atoms with Crippen LogP contribution in [0.3, 0.4) is 0 Å². The molecule has 0 aliphatic carbocycles. The molecular weight excluding hydrogens is 286 g/mol. The van der Waals surface area contributed by atoms with E-state index < -0.39 is 0 Å². The summed E-state index contributed by atoms with van der Waals surface area (Å²) in [5.74, 6) is 2.28. The van der Waals surface area contributed by atoms with E-state index in [1.54, 1.807) is 7.11 Å². The number of halogens is 1. The Balaban J connectivity index is 2.60. The number of aromatic nitrogens is 2. The molecule has 114 valence electrons. The zero-order valence-corrected chi connectivity index (χ0v) is 14.0. The molecule has 0 spiro atoms. The molecule has 2 rings (SSSR count). The largest absolute Gasteiger partial charge is 0.495 e. The normalized spacial score (nSPS) is 11.7. The van der Waals surface area contributed by atoms with Crippen molar-refractivity contribution in [2.45, 2.75) is 39.7 Å². The Kier molecular flexibility index (Phi) is 4.19. The van der Waals surface area contributed by atoms with Gasteiger partial charge in [0, 0.05) is 17.5 Å². The fourth-order valence-corrected chi connectivity index (χ4v) is 2.75. The first-order valence-electron chi connectivity index (χ1n) is 7.01. The molecule has 0 aliphatic rings. The van der Waals surface area contributed by atoms with E-state index in [-0.39, 0.29) is 5.54 Å². The summed E-state index contributed by atoms with van der Waals surface area (Å²) in [5, 5.41) is 0.553. The quantitative estimate of drug-likeness (QED) is 0.928. The number of anilines is 1. The maximum Gasteiger partial charge on any atom is 0.137 e. The fourth-order valence-electron chi connectivity index (χ4n) is 2.49. The first kappa shape index (κ1) is 15.7. The number of aryl methyl sites for hydroxylation is 1. The van der Waals surface area contributed by atoms with Gasteiger partial charge in [-0.3, -0.25) is 0 Å². The number of nitrogens with two attached hydrogens (primary N) is 1. The number of methoxy groups -OCH3 is 1. The summed E-state index contributed by atoms with van der Waals surface area (Å²) in [6.45, 7) is 8.44. The number of imidazole rings is 1. The standard InChI is InChI=1S/C16H22ClN3O/c1-6-13-19-14(15(18)20(13)16(2,3)4)10-7-8-12(21-5)11(17)9-10/h7-9H,6,18H2,1-5H3. The molecule has 0 fully saturated rings. The van der Waals surface area contributed by atoms with Gasteiger partial charge in [-0.1, -0.05) is 18.5 Å². The van der Waals surface area contributed by atoms with Crippen LogP contribution in [-0.2, 0) is 12.0 Å². The number of hydrogen-bond acceptors (Lipinski definition) is 3. The second-order valence-corrected chi connectivity index (χ2v) is 6.38. The van der Waals surface area contributed by atoms with Crippen molar-refractivity contribution in [3.8, 4) is 17.0 Å². The van der Waals surface area contributed by atoms with Crippen LogP contribution in [0.15, 0.2) is 18.2 Å². The molecule has 5 heteroatoms. The lowest BCUT2D eigenvalue weighted by atomic mass is 10.1. The Labute approximate surface area is 130 Å². The van der Waals surface area contributed by atoms with Crippen molar-refractivity contribution in [1.82, 2.24) is 9.55 Å². The first-order chi connectivity index (χ1) is 9.79. The lowest BCUT2D eigenvalue weighted by Gasteiger charge is -2.24. The second-order valence-electron chi connectivity index (χ2n) is 5.97. The van der Waals surface area contributed by atoms with Gasteiger partial charge in [-0.25, -0.2) is 4.98 Å². The summed E-state index contributed by atoms with van der Waals surface area (Å²) in [5.41, 5.74) is 7.90. The Morgan fingerprint density at radius 2 is 2.00 bits per heavy atom. The summed E-state index contributed by atoms with van der Waals surface area (Å²) in [6, 6.07) is 5.60. The Morgan fingerprint density at radius 3 is 2.43 bits per heavy atom. The van der Waals surface area contributed by atoms with Crippen LogP contribution >= 0.6 is 11.6 Å². The van der Waals surface area contributed by atoms with E-state index in [2.05, 4.69) is 32.3 Å². The highest BCUT2D eigenvalue weighted by atomic mass is 35.5. The van der Waals surface area contributed by atoms with Gasteiger partial charge in [-0.2, -0.15) is 0 Å². The maximum atomic E-state index is 6.34. The van der Waals surface area contributed by atoms with Crippen LogP contribution in [0.5, 0.6) is 5.75 Å². The van der Waals surface area contributed by atoms with Gasteiger partial charge in [0.25, 0.3) is 0 Å². The van der Waals surface area contributed by atoms with Gasteiger partial charge in [-0.15, -0.1) is 0 Å². The van der Waals surface area contributed by atoms with Crippen molar-refractivity contribution < 1.29 is 4.74 Å². The molecule has 21 heavy (non-hydrogen) atoms. The summed E-state index contributed by atoms with van der Waals surface area (Å²) in [7, 11) is 1.60.